The molecule has 3 aromatic rings. The van der Waals surface area contributed by atoms with Gasteiger partial charge < -0.3 is 32.4 Å². The van der Waals surface area contributed by atoms with Crippen molar-refractivity contribution in [3.63, 3.8) is 0 Å². The molecule has 0 radical (unpaired) electrons. The summed E-state index contributed by atoms with van der Waals surface area (Å²) in [6.07, 6.45) is 4.05. The fraction of sp³-hybridized carbons (Fsp3) is 0.519. The van der Waals surface area contributed by atoms with E-state index in [1.165, 1.54) is 26.1 Å². The number of hydrogen-bond acceptors (Lipinski definition) is 6. The Bertz CT molecular complexity index is 1190. The summed E-state index contributed by atoms with van der Waals surface area (Å²) in [5, 5.41) is 4.25. The van der Waals surface area contributed by atoms with Crippen LogP contribution in [0.25, 0.3) is 16.7 Å². The molecule has 4 rings (SSSR count). The van der Waals surface area contributed by atoms with Gasteiger partial charge in [-0.05, 0) is 75.0 Å². The van der Waals surface area contributed by atoms with E-state index < -0.39 is 0 Å². The highest BCUT2D eigenvalue weighted by Crippen LogP contribution is 2.16. The van der Waals surface area contributed by atoms with Gasteiger partial charge in [0.2, 0.25) is 0 Å². The number of fused-ring (bicyclic) bond motifs is 1. The van der Waals surface area contributed by atoms with E-state index in [-0.39, 0.29) is 11.6 Å². The van der Waals surface area contributed by atoms with E-state index in [4.69, 9.17) is 17.2 Å². The second-order valence-electron chi connectivity index (χ2n) is 10.1. The Morgan fingerprint density at radius 1 is 1.30 bits per heavy atom. The summed E-state index contributed by atoms with van der Waals surface area (Å²) in [4.78, 5) is 25.9. The first kappa shape index (κ1) is 28.4. The number of guanidine groups is 1. The van der Waals surface area contributed by atoms with E-state index in [0.717, 1.165) is 54.3 Å². The van der Waals surface area contributed by atoms with Gasteiger partial charge in [0.15, 0.2) is 5.96 Å². The molecule has 1 fully saturated rings. The number of nitrogens with one attached hydrogen (secondary N) is 2. The predicted octanol–water partition coefficient (Wildman–Crippen LogP) is 1.70. The van der Waals surface area contributed by atoms with Gasteiger partial charge in [-0.3, -0.25) is 9.56 Å². The minimum absolute atomic E-state index is 0.123. The van der Waals surface area contributed by atoms with Gasteiger partial charge in [-0.25, -0.2) is 4.79 Å². The third kappa shape index (κ3) is 8.99. The summed E-state index contributed by atoms with van der Waals surface area (Å²) in [6, 6.07) is 9.81. The summed E-state index contributed by atoms with van der Waals surface area (Å²) in [7, 11) is 0. The number of benzene rings is 1. The maximum Gasteiger partial charge on any atom is 0.354 e. The third-order valence-corrected chi connectivity index (χ3v) is 6.47. The Balaban J connectivity index is 0.000000289. The first-order valence-corrected chi connectivity index (χ1v) is 13.1. The zero-order chi connectivity index (χ0) is 26.8. The van der Waals surface area contributed by atoms with E-state index in [0.29, 0.717) is 18.1 Å². The fourth-order valence-electron chi connectivity index (χ4n) is 4.44. The molecule has 2 aromatic heterocycles. The summed E-state index contributed by atoms with van der Waals surface area (Å²) in [5.41, 5.74) is 19.3. The Morgan fingerprint density at radius 2 is 2.05 bits per heavy atom. The molecule has 8 N–H and O–H groups in total. The van der Waals surface area contributed by atoms with Crippen LogP contribution in [0.3, 0.4) is 0 Å². The zero-order valence-corrected chi connectivity index (χ0v) is 22.4. The van der Waals surface area contributed by atoms with Crippen molar-refractivity contribution in [2.45, 2.75) is 40.2 Å². The number of aryl methyl sites for hydroxylation is 1. The molecular weight excluding hydrogens is 466 g/mol. The number of aromatic amines is 1. The molecule has 10 heteroatoms. The van der Waals surface area contributed by atoms with Crippen LogP contribution in [0, 0.1) is 18.8 Å². The average Bonchev–Trinajstić information content (AvgIpc) is 3.44. The van der Waals surface area contributed by atoms with Crippen LogP contribution in [-0.2, 0) is 6.54 Å². The normalized spacial score (nSPS) is 16.4. The van der Waals surface area contributed by atoms with Crippen LogP contribution in [0.4, 0.5) is 0 Å². The van der Waals surface area contributed by atoms with Crippen molar-refractivity contribution in [3.05, 3.63) is 58.3 Å². The second kappa shape index (κ2) is 13.9. The maximum absolute atomic E-state index is 12.2. The smallest absolute Gasteiger partial charge is 0.354 e. The monoisotopic (exact) mass is 509 g/mol. The van der Waals surface area contributed by atoms with E-state index in [2.05, 4.69) is 39.0 Å². The Hall–Kier alpha value is -3.21. The van der Waals surface area contributed by atoms with Crippen LogP contribution in [0.5, 0.6) is 0 Å². The van der Waals surface area contributed by atoms with Gasteiger partial charge in [0.1, 0.15) is 5.65 Å². The molecular formula is C27H43N9O. The first-order valence-electron chi connectivity index (χ1n) is 13.1. The number of nitrogens with zero attached hydrogens (tertiary/aromatic N) is 4. The Morgan fingerprint density at radius 3 is 2.70 bits per heavy atom. The topological polar surface area (TPSA) is 156 Å². The summed E-state index contributed by atoms with van der Waals surface area (Å²) >= 11 is 0. The lowest BCUT2D eigenvalue weighted by Gasteiger charge is -2.18. The van der Waals surface area contributed by atoms with E-state index in [1.807, 2.05) is 43.5 Å². The van der Waals surface area contributed by atoms with Crippen LogP contribution in [0.15, 0.2) is 46.3 Å². The number of hydrogen-bond donors (Lipinski definition) is 5. The lowest BCUT2D eigenvalue weighted by Crippen LogP contribution is -2.29. The molecule has 0 unspecified atom stereocenters. The number of H-pyrrole nitrogens is 1. The van der Waals surface area contributed by atoms with Gasteiger partial charge in [-0.15, -0.1) is 0 Å². The fourth-order valence-corrected chi connectivity index (χ4v) is 4.44. The molecule has 202 valence electrons. The van der Waals surface area contributed by atoms with E-state index in [9.17, 15) is 4.79 Å². The van der Waals surface area contributed by atoms with Gasteiger partial charge in [0.05, 0.1) is 5.69 Å². The van der Waals surface area contributed by atoms with Gasteiger partial charge in [-0.2, -0.15) is 4.98 Å². The molecule has 1 aliphatic heterocycles. The molecule has 0 aliphatic carbocycles. The molecule has 2 atom stereocenters. The average molecular weight is 510 g/mol. The van der Waals surface area contributed by atoms with Crippen molar-refractivity contribution in [1.29, 1.82) is 0 Å². The van der Waals surface area contributed by atoms with Crippen molar-refractivity contribution in [1.82, 2.24) is 24.8 Å². The molecule has 3 heterocycles. The highest BCUT2D eigenvalue weighted by atomic mass is 16.1. The van der Waals surface area contributed by atoms with Gasteiger partial charge >= 0.3 is 5.69 Å². The molecule has 0 bridgehead atoms. The van der Waals surface area contributed by atoms with Crippen molar-refractivity contribution < 1.29 is 0 Å². The minimum Gasteiger partial charge on any atom is -0.370 e. The summed E-state index contributed by atoms with van der Waals surface area (Å²) < 4.78 is 1.56. The van der Waals surface area contributed by atoms with Gasteiger partial charge in [0, 0.05) is 43.5 Å². The van der Waals surface area contributed by atoms with Crippen molar-refractivity contribution >= 4 is 17.0 Å². The Labute approximate surface area is 219 Å². The van der Waals surface area contributed by atoms with Crippen LogP contribution >= 0.6 is 0 Å². The van der Waals surface area contributed by atoms with Gasteiger partial charge in [0.25, 0.3) is 0 Å². The first-order chi connectivity index (χ1) is 17.7. The van der Waals surface area contributed by atoms with Crippen LogP contribution in [-0.4, -0.2) is 64.7 Å². The molecule has 1 aliphatic rings. The SMILES string of the molecule is C[C@H](CN)CN1CC[C@H](C)C1.Cc1cc2cn(-c3ccc(CNCCCN=C(N)N)cc3)c(=O)nc2[nH]1. The number of rotatable bonds is 10. The highest BCUT2D eigenvalue weighted by molar-refractivity contribution is 5.76. The molecule has 10 nitrogen and oxygen atoms in total. The Kier molecular flexibility index (Phi) is 10.7. The molecule has 0 spiro atoms. The number of nitrogens with two attached hydrogens (primary N) is 3. The molecule has 0 saturated carbocycles. The number of aliphatic imine (C=N–C) groups is 1. The lowest BCUT2D eigenvalue weighted by molar-refractivity contribution is 0.283. The third-order valence-electron chi connectivity index (χ3n) is 6.47. The summed E-state index contributed by atoms with van der Waals surface area (Å²) in [5.74, 6) is 1.69. The van der Waals surface area contributed by atoms with Crippen LogP contribution < -0.4 is 28.2 Å². The molecule has 0 amide bonds. The molecule has 1 saturated heterocycles. The quantitative estimate of drug-likeness (QED) is 0.158. The standard InChI is InChI=1S/C18H23N7O.C9H20N2/c1-12-9-14-11-25(18(26)24-16(14)23-12)15-5-3-13(4-6-15)10-21-7-2-8-22-17(19)20;1-8-3-4-11(6-8)7-9(2)5-10/h3-6,9,11,21H,2,7-8,10H2,1H3,(H4,19,20,22)(H,23,24,26);8-9H,3-7,10H2,1-2H3/t;8-,9+/m.0/s1. The highest BCUT2D eigenvalue weighted by Gasteiger charge is 2.19. The van der Waals surface area contributed by atoms with Crippen molar-refractivity contribution in [2.24, 2.45) is 34.0 Å². The van der Waals surface area contributed by atoms with E-state index >= 15 is 0 Å². The largest absolute Gasteiger partial charge is 0.370 e. The predicted molar refractivity (Wildman–Crippen MR) is 152 cm³/mol. The summed E-state index contributed by atoms with van der Waals surface area (Å²) in [6.45, 7) is 13.3. The van der Waals surface area contributed by atoms with Crippen molar-refractivity contribution in [3.8, 4) is 5.69 Å². The number of aromatic nitrogens is 3. The van der Waals surface area contributed by atoms with Crippen LogP contribution in [0.1, 0.15) is 37.9 Å². The number of likely N-dealkylation sites (tertiary alicyclic amines) is 1. The molecule has 1 aromatic carbocycles. The lowest BCUT2D eigenvalue weighted by atomic mass is 10.1. The molecule has 37 heavy (non-hydrogen) atoms. The second-order valence-corrected chi connectivity index (χ2v) is 10.1. The van der Waals surface area contributed by atoms with E-state index in [1.54, 1.807) is 4.57 Å². The zero-order valence-electron chi connectivity index (χ0n) is 22.4. The van der Waals surface area contributed by atoms with Crippen molar-refractivity contribution in [2.75, 3.05) is 39.3 Å². The maximum atomic E-state index is 12.2. The van der Waals surface area contributed by atoms with Gasteiger partial charge in [-0.1, -0.05) is 26.0 Å². The minimum atomic E-state index is -0.301. The van der Waals surface area contributed by atoms with Crippen LogP contribution in [0.2, 0.25) is 0 Å².